The third-order valence-corrected chi connectivity index (χ3v) is 2.73. The maximum absolute atomic E-state index is 12.3. The van der Waals surface area contributed by atoms with Gasteiger partial charge in [0.05, 0.1) is 12.4 Å². The van der Waals surface area contributed by atoms with Crippen LogP contribution in [0.2, 0.25) is 0 Å². The van der Waals surface area contributed by atoms with E-state index in [1.165, 1.54) is 48.8 Å². The lowest BCUT2D eigenvalue weighted by molar-refractivity contribution is -0.0506. The van der Waals surface area contributed by atoms with Crippen LogP contribution in [0, 0.1) is 0 Å². The molecule has 0 fully saturated rings. The maximum Gasteiger partial charge on any atom is 0.387 e. The fourth-order valence-electron chi connectivity index (χ4n) is 1.77. The van der Waals surface area contributed by atoms with E-state index in [1.807, 2.05) is 0 Å². The SMILES string of the molecule is FC(F)Oc1ccccc1/C=N/N=C/c1ccccc1OC(F)F.O. The first-order chi connectivity index (χ1) is 11.6. The second-order valence-electron chi connectivity index (χ2n) is 4.32. The summed E-state index contributed by atoms with van der Waals surface area (Å²) in [6.07, 6.45) is 2.43. The molecule has 5 nitrogen and oxygen atoms in total. The zero-order valence-corrected chi connectivity index (χ0v) is 12.7. The molecule has 2 N–H and O–H groups in total. The van der Waals surface area contributed by atoms with Crippen molar-refractivity contribution in [2.75, 3.05) is 0 Å². The number of hydrogen-bond donors (Lipinski definition) is 0. The van der Waals surface area contributed by atoms with Crippen LogP contribution in [0.3, 0.4) is 0 Å². The van der Waals surface area contributed by atoms with Gasteiger partial charge in [-0.3, -0.25) is 0 Å². The molecule has 0 aliphatic heterocycles. The molecule has 0 saturated carbocycles. The third kappa shape index (κ3) is 6.60. The summed E-state index contributed by atoms with van der Waals surface area (Å²) in [6, 6.07) is 12.1. The van der Waals surface area contributed by atoms with Gasteiger partial charge in [-0.05, 0) is 24.3 Å². The molecule has 0 atom stereocenters. The highest BCUT2D eigenvalue weighted by molar-refractivity contribution is 5.86. The highest BCUT2D eigenvalue weighted by Crippen LogP contribution is 2.19. The lowest BCUT2D eigenvalue weighted by Crippen LogP contribution is -2.04. The Morgan fingerprint density at radius 3 is 1.40 bits per heavy atom. The largest absolute Gasteiger partial charge is 0.434 e. The predicted octanol–water partition coefficient (Wildman–Crippen LogP) is 3.52. The summed E-state index contributed by atoms with van der Waals surface area (Å²) in [4.78, 5) is 0. The van der Waals surface area contributed by atoms with Gasteiger partial charge in [0.1, 0.15) is 11.5 Å². The van der Waals surface area contributed by atoms with E-state index in [-0.39, 0.29) is 17.0 Å². The molecule has 2 aromatic carbocycles. The number of hydrogen-bond acceptors (Lipinski definition) is 4. The molecule has 0 aliphatic carbocycles. The van der Waals surface area contributed by atoms with E-state index < -0.39 is 13.2 Å². The van der Waals surface area contributed by atoms with Crippen molar-refractivity contribution in [1.82, 2.24) is 0 Å². The lowest BCUT2D eigenvalue weighted by Gasteiger charge is -2.06. The van der Waals surface area contributed by atoms with Crippen LogP contribution < -0.4 is 9.47 Å². The van der Waals surface area contributed by atoms with E-state index in [0.717, 1.165) is 0 Å². The second kappa shape index (κ2) is 10.0. The van der Waals surface area contributed by atoms with E-state index in [2.05, 4.69) is 19.7 Å². The molecule has 0 unspecified atom stereocenters. The Morgan fingerprint density at radius 1 is 0.680 bits per heavy atom. The minimum absolute atomic E-state index is 0. The summed E-state index contributed by atoms with van der Waals surface area (Å²) in [7, 11) is 0. The highest BCUT2D eigenvalue weighted by atomic mass is 19.3. The summed E-state index contributed by atoms with van der Waals surface area (Å²) < 4.78 is 57.8. The first-order valence-electron chi connectivity index (χ1n) is 6.70. The van der Waals surface area contributed by atoms with Crippen LogP contribution in [0.15, 0.2) is 58.7 Å². The topological polar surface area (TPSA) is 74.7 Å². The molecule has 0 amide bonds. The molecule has 0 bridgehead atoms. The van der Waals surface area contributed by atoms with Gasteiger partial charge >= 0.3 is 13.2 Å². The number of nitrogens with zero attached hydrogens (tertiary/aromatic N) is 2. The molecule has 2 rings (SSSR count). The molecule has 0 spiro atoms. The number of ether oxygens (including phenoxy) is 2. The lowest BCUT2D eigenvalue weighted by atomic mass is 10.2. The summed E-state index contributed by atoms with van der Waals surface area (Å²) in [5, 5.41) is 7.40. The van der Waals surface area contributed by atoms with Gasteiger partial charge in [0.2, 0.25) is 0 Å². The Kier molecular flexibility index (Phi) is 8.07. The smallest absolute Gasteiger partial charge is 0.387 e. The summed E-state index contributed by atoms with van der Waals surface area (Å²) in [6.45, 7) is -5.91. The van der Waals surface area contributed by atoms with Gasteiger partial charge in [-0.25, -0.2) is 0 Å². The van der Waals surface area contributed by atoms with Crippen molar-refractivity contribution in [1.29, 1.82) is 0 Å². The highest BCUT2D eigenvalue weighted by Gasteiger charge is 2.08. The van der Waals surface area contributed by atoms with Crippen molar-refractivity contribution in [3.8, 4) is 11.5 Å². The molecule has 25 heavy (non-hydrogen) atoms. The van der Waals surface area contributed by atoms with E-state index in [0.29, 0.717) is 11.1 Å². The van der Waals surface area contributed by atoms with E-state index in [1.54, 1.807) is 12.1 Å². The van der Waals surface area contributed by atoms with Gasteiger partial charge in [0.15, 0.2) is 0 Å². The third-order valence-electron chi connectivity index (χ3n) is 2.73. The van der Waals surface area contributed by atoms with Crippen molar-refractivity contribution < 1.29 is 32.5 Å². The Hall–Kier alpha value is -2.94. The average Bonchev–Trinajstić information content (AvgIpc) is 2.53. The zero-order valence-electron chi connectivity index (χ0n) is 12.7. The first-order valence-corrected chi connectivity index (χ1v) is 6.70. The van der Waals surface area contributed by atoms with Gasteiger partial charge < -0.3 is 14.9 Å². The van der Waals surface area contributed by atoms with Crippen LogP contribution in [-0.4, -0.2) is 31.1 Å². The zero-order chi connectivity index (χ0) is 17.4. The average molecular weight is 358 g/mol. The van der Waals surface area contributed by atoms with E-state index >= 15 is 0 Å². The van der Waals surface area contributed by atoms with E-state index in [9.17, 15) is 17.6 Å². The van der Waals surface area contributed by atoms with Crippen molar-refractivity contribution in [2.24, 2.45) is 10.2 Å². The molecule has 9 heteroatoms. The van der Waals surface area contributed by atoms with Crippen molar-refractivity contribution in [3.05, 3.63) is 59.7 Å². The number of benzene rings is 2. The molecular formula is C16H14F4N2O3. The van der Waals surface area contributed by atoms with Crippen LogP contribution in [-0.2, 0) is 0 Å². The van der Waals surface area contributed by atoms with Crippen molar-refractivity contribution >= 4 is 12.4 Å². The molecular weight excluding hydrogens is 344 g/mol. The molecule has 0 radical (unpaired) electrons. The quantitative estimate of drug-likeness (QED) is 0.431. The van der Waals surface area contributed by atoms with Crippen molar-refractivity contribution in [3.63, 3.8) is 0 Å². The fourth-order valence-corrected chi connectivity index (χ4v) is 1.77. The minimum Gasteiger partial charge on any atom is -0.434 e. The van der Waals surface area contributed by atoms with Crippen LogP contribution >= 0.6 is 0 Å². The van der Waals surface area contributed by atoms with Gasteiger partial charge in [0.25, 0.3) is 0 Å². The Labute approximate surface area is 140 Å². The maximum atomic E-state index is 12.3. The number of para-hydroxylation sites is 2. The van der Waals surface area contributed by atoms with Crippen LogP contribution in [0.25, 0.3) is 0 Å². The summed E-state index contributed by atoms with van der Waals surface area (Å²) in [5.41, 5.74) is 0.596. The summed E-state index contributed by atoms with van der Waals surface area (Å²) >= 11 is 0. The molecule has 134 valence electrons. The normalized spacial score (nSPS) is 11.3. The summed E-state index contributed by atoms with van der Waals surface area (Å²) in [5.74, 6) is -0.0965. The number of rotatable bonds is 7. The fraction of sp³-hybridized carbons (Fsp3) is 0.125. The Balaban J connectivity index is 0.00000312. The van der Waals surface area contributed by atoms with Crippen LogP contribution in [0.4, 0.5) is 17.6 Å². The van der Waals surface area contributed by atoms with Crippen LogP contribution in [0.1, 0.15) is 11.1 Å². The van der Waals surface area contributed by atoms with Gasteiger partial charge in [-0.2, -0.15) is 27.8 Å². The number of halogens is 4. The first kappa shape index (κ1) is 20.1. The molecule has 0 aromatic heterocycles. The van der Waals surface area contributed by atoms with Gasteiger partial charge in [-0.1, -0.05) is 24.3 Å². The minimum atomic E-state index is -2.96. The monoisotopic (exact) mass is 358 g/mol. The van der Waals surface area contributed by atoms with Crippen molar-refractivity contribution in [2.45, 2.75) is 13.2 Å². The number of alkyl halides is 4. The second-order valence-corrected chi connectivity index (χ2v) is 4.32. The van der Waals surface area contributed by atoms with Crippen LogP contribution in [0.5, 0.6) is 11.5 Å². The van der Waals surface area contributed by atoms with Gasteiger partial charge in [0, 0.05) is 11.1 Å². The predicted molar refractivity (Wildman–Crippen MR) is 84.9 cm³/mol. The molecule has 0 aliphatic rings. The molecule has 2 aromatic rings. The van der Waals surface area contributed by atoms with E-state index in [4.69, 9.17) is 0 Å². The van der Waals surface area contributed by atoms with Gasteiger partial charge in [-0.15, -0.1) is 0 Å². The Morgan fingerprint density at radius 2 is 1.04 bits per heavy atom. The standard InChI is InChI=1S/C16H12F4N2O2.H2O/c17-15(18)23-13-7-3-1-5-11(13)9-21-22-10-12-6-2-4-8-14(12)24-16(19)20;/h1-10,15-16H;1H2/b21-9+,22-10+;. The Bertz CT molecular complexity index is 663. The molecule has 0 heterocycles. The molecule has 0 saturated heterocycles.